The van der Waals surface area contributed by atoms with Crippen LogP contribution in [0.2, 0.25) is 0 Å². The number of aromatic amines is 1. The Labute approximate surface area is 156 Å². The van der Waals surface area contributed by atoms with Gasteiger partial charge in [0.05, 0.1) is 30.5 Å². The normalized spacial score (nSPS) is 17.0. The third-order valence-corrected chi connectivity index (χ3v) is 4.79. The lowest BCUT2D eigenvalue weighted by Crippen LogP contribution is -2.56. The maximum atomic E-state index is 14.3. The third kappa shape index (κ3) is 2.62. The lowest BCUT2D eigenvalue weighted by molar-refractivity contribution is -0.0262. The van der Waals surface area contributed by atoms with Crippen molar-refractivity contribution in [1.82, 2.24) is 10.2 Å². The molecule has 9 heteroatoms. The number of aliphatic imine (C=N–C) groups is 1. The van der Waals surface area contributed by atoms with Gasteiger partial charge in [0.15, 0.2) is 0 Å². The molecule has 1 aromatic heterocycles. The summed E-state index contributed by atoms with van der Waals surface area (Å²) in [5.74, 6) is -4.19. The molecule has 0 bridgehead atoms. The molecule has 3 aromatic rings. The number of halogens is 4. The monoisotopic (exact) mass is 387 g/mol. The summed E-state index contributed by atoms with van der Waals surface area (Å²) in [5, 5.41) is 9.75. The zero-order valence-electron chi connectivity index (χ0n) is 14.3. The number of anilines is 2. The Morgan fingerprint density at radius 2 is 1.79 bits per heavy atom. The van der Waals surface area contributed by atoms with E-state index in [0.717, 1.165) is 12.1 Å². The van der Waals surface area contributed by atoms with Gasteiger partial charge in [-0.3, -0.25) is 5.10 Å². The molecule has 0 atom stereocenters. The van der Waals surface area contributed by atoms with Crippen molar-refractivity contribution in [3.8, 4) is 11.3 Å². The highest BCUT2D eigenvalue weighted by atomic mass is 19.3. The zero-order chi connectivity index (χ0) is 19.5. The summed E-state index contributed by atoms with van der Waals surface area (Å²) < 4.78 is 55.0. The van der Waals surface area contributed by atoms with Crippen LogP contribution in [0.1, 0.15) is 5.56 Å². The summed E-state index contributed by atoms with van der Waals surface area (Å²) in [4.78, 5) is 5.89. The van der Waals surface area contributed by atoms with E-state index in [-0.39, 0.29) is 24.5 Å². The van der Waals surface area contributed by atoms with Gasteiger partial charge in [0, 0.05) is 16.9 Å². The van der Waals surface area contributed by atoms with Gasteiger partial charge in [-0.25, -0.2) is 22.6 Å². The molecule has 2 aliphatic heterocycles. The Morgan fingerprint density at radius 1 is 1.04 bits per heavy atom. The molecule has 0 aliphatic carbocycles. The largest absolute Gasteiger partial charge is 0.359 e. The molecule has 2 N–H and O–H groups in total. The predicted molar refractivity (Wildman–Crippen MR) is 97.4 cm³/mol. The summed E-state index contributed by atoms with van der Waals surface area (Å²) in [6.07, 6.45) is 1.44. The molecule has 0 radical (unpaired) electrons. The van der Waals surface area contributed by atoms with Crippen LogP contribution in [0.4, 0.5) is 34.6 Å². The predicted octanol–water partition coefficient (Wildman–Crippen LogP) is 4.31. The number of aromatic nitrogens is 2. The van der Waals surface area contributed by atoms with Crippen LogP contribution in [0.15, 0.2) is 47.6 Å². The number of H-pyrrole nitrogens is 1. The van der Waals surface area contributed by atoms with E-state index >= 15 is 0 Å². The molecule has 3 heterocycles. The number of fused-ring (bicyclic) bond motifs is 3. The highest BCUT2D eigenvalue weighted by Gasteiger charge is 2.44. The SMILES string of the molecule is Fc1cccc(F)c1C1=Nc2cn[nH]c2-c2cc(N3CC(F)(F)C3)ccc2N1. The number of alkyl halides is 2. The second-order valence-corrected chi connectivity index (χ2v) is 6.75. The fourth-order valence-electron chi connectivity index (χ4n) is 3.42. The van der Waals surface area contributed by atoms with Gasteiger partial charge in [-0.1, -0.05) is 6.07 Å². The quantitative estimate of drug-likeness (QED) is 0.644. The number of hydrogen-bond donors (Lipinski definition) is 2. The molecule has 28 heavy (non-hydrogen) atoms. The third-order valence-electron chi connectivity index (χ3n) is 4.79. The Hall–Kier alpha value is -3.36. The van der Waals surface area contributed by atoms with E-state index in [2.05, 4.69) is 20.5 Å². The summed E-state index contributed by atoms with van der Waals surface area (Å²) in [7, 11) is 0. The minimum absolute atomic E-state index is 0.000216. The highest BCUT2D eigenvalue weighted by molar-refractivity contribution is 6.13. The Bertz CT molecular complexity index is 1090. The van der Waals surface area contributed by atoms with Crippen molar-refractivity contribution in [2.75, 3.05) is 23.3 Å². The number of nitrogens with one attached hydrogen (secondary N) is 2. The van der Waals surface area contributed by atoms with E-state index in [1.54, 1.807) is 23.1 Å². The maximum Gasteiger partial charge on any atom is 0.282 e. The van der Waals surface area contributed by atoms with Crippen molar-refractivity contribution in [2.24, 2.45) is 4.99 Å². The first-order valence-electron chi connectivity index (χ1n) is 8.52. The Balaban J connectivity index is 1.61. The van der Waals surface area contributed by atoms with Crippen molar-refractivity contribution in [3.63, 3.8) is 0 Å². The second kappa shape index (κ2) is 5.82. The topological polar surface area (TPSA) is 56.3 Å². The van der Waals surface area contributed by atoms with Gasteiger partial charge in [-0.15, -0.1) is 0 Å². The number of rotatable bonds is 2. The average molecular weight is 387 g/mol. The van der Waals surface area contributed by atoms with Gasteiger partial charge in [-0.05, 0) is 30.3 Å². The van der Waals surface area contributed by atoms with Gasteiger partial charge in [0.25, 0.3) is 5.92 Å². The van der Waals surface area contributed by atoms with Gasteiger partial charge >= 0.3 is 0 Å². The number of hydrogen-bond acceptors (Lipinski definition) is 4. The van der Waals surface area contributed by atoms with Crippen LogP contribution in [0.25, 0.3) is 11.3 Å². The molecule has 1 saturated heterocycles. The van der Waals surface area contributed by atoms with Crippen molar-refractivity contribution < 1.29 is 17.6 Å². The van der Waals surface area contributed by atoms with Crippen LogP contribution in [0.3, 0.4) is 0 Å². The smallest absolute Gasteiger partial charge is 0.282 e. The van der Waals surface area contributed by atoms with E-state index in [1.165, 1.54) is 12.3 Å². The molecule has 1 fully saturated rings. The van der Waals surface area contributed by atoms with Crippen LogP contribution in [0.5, 0.6) is 0 Å². The fraction of sp³-hybridized carbons (Fsp3) is 0.158. The second-order valence-electron chi connectivity index (χ2n) is 6.75. The minimum atomic E-state index is -2.69. The lowest BCUT2D eigenvalue weighted by atomic mass is 10.0. The van der Waals surface area contributed by atoms with Crippen LogP contribution >= 0.6 is 0 Å². The van der Waals surface area contributed by atoms with E-state index in [0.29, 0.717) is 28.3 Å². The van der Waals surface area contributed by atoms with Gasteiger partial charge in [0.2, 0.25) is 0 Å². The van der Waals surface area contributed by atoms with Crippen molar-refractivity contribution in [1.29, 1.82) is 0 Å². The molecule has 2 aliphatic rings. The molecule has 5 nitrogen and oxygen atoms in total. The molecular weight excluding hydrogens is 374 g/mol. The summed E-state index contributed by atoms with van der Waals surface area (Å²) in [5.41, 5.74) is 2.40. The molecule has 0 spiro atoms. The van der Waals surface area contributed by atoms with E-state index in [4.69, 9.17) is 0 Å². The van der Waals surface area contributed by atoms with Crippen molar-refractivity contribution in [2.45, 2.75) is 5.92 Å². The summed E-state index contributed by atoms with van der Waals surface area (Å²) in [6, 6.07) is 8.65. The fourth-order valence-corrected chi connectivity index (χ4v) is 3.42. The summed E-state index contributed by atoms with van der Waals surface area (Å²) in [6.45, 7) is -0.700. The van der Waals surface area contributed by atoms with Crippen LogP contribution in [0, 0.1) is 11.6 Å². The van der Waals surface area contributed by atoms with E-state index < -0.39 is 17.6 Å². The molecule has 5 rings (SSSR count). The first kappa shape index (κ1) is 16.8. The first-order chi connectivity index (χ1) is 13.4. The molecule has 2 aromatic carbocycles. The highest BCUT2D eigenvalue weighted by Crippen LogP contribution is 2.41. The number of benzene rings is 2. The van der Waals surface area contributed by atoms with Crippen LogP contribution in [-0.2, 0) is 0 Å². The van der Waals surface area contributed by atoms with Gasteiger partial charge in [-0.2, -0.15) is 5.10 Å². The maximum absolute atomic E-state index is 14.3. The minimum Gasteiger partial charge on any atom is -0.359 e. The summed E-state index contributed by atoms with van der Waals surface area (Å²) >= 11 is 0. The Kier molecular flexibility index (Phi) is 3.49. The van der Waals surface area contributed by atoms with Crippen molar-refractivity contribution in [3.05, 3.63) is 59.8 Å². The lowest BCUT2D eigenvalue weighted by Gasteiger charge is -2.40. The molecule has 0 unspecified atom stereocenters. The molecule has 0 amide bonds. The van der Waals surface area contributed by atoms with Gasteiger partial charge < -0.3 is 10.2 Å². The zero-order valence-corrected chi connectivity index (χ0v) is 14.3. The standard InChI is InChI=1S/C19H13F4N5/c20-12-2-1-3-13(21)16(12)18-25-14-5-4-10(28-8-19(22,23)9-28)6-11(14)17-15(26-18)7-24-27-17/h1-7H,8-9H2,(H,24,27)(H,25,26). The Morgan fingerprint density at radius 3 is 2.50 bits per heavy atom. The average Bonchev–Trinajstić information content (AvgIpc) is 3.02. The van der Waals surface area contributed by atoms with E-state index in [9.17, 15) is 17.6 Å². The molecular formula is C19H13F4N5. The number of nitrogens with zero attached hydrogens (tertiary/aromatic N) is 3. The van der Waals surface area contributed by atoms with Crippen molar-refractivity contribution >= 4 is 22.9 Å². The molecule has 0 saturated carbocycles. The van der Waals surface area contributed by atoms with Gasteiger partial charge in [0.1, 0.15) is 23.2 Å². The van der Waals surface area contributed by atoms with E-state index in [1.807, 2.05) is 0 Å². The van der Waals surface area contributed by atoms with Crippen LogP contribution < -0.4 is 10.2 Å². The molecule has 142 valence electrons. The first-order valence-corrected chi connectivity index (χ1v) is 8.52. The van der Waals surface area contributed by atoms with Crippen LogP contribution in [-0.4, -0.2) is 35.0 Å². The number of amidine groups is 1.